The summed E-state index contributed by atoms with van der Waals surface area (Å²) in [5, 5.41) is 13.1. The number of aromatic nitrogens is 3. The summed E-state index contributed by atoms with van der Waals surface area (Å²) in [7, 11) is 0. The zero-order valence-corrected chi connectivity index (χ0v) is 14.9. The van der Waals surface area contributed by atoms with Gasteiger partial charge in [0.2, 0.25) is 5.95 Å². The van der Waals surface area contributed by atoms with Crippen LogP contribution in [0.2, 0.25) is 5.02 Å². The van der Waals surface area contributed by atoms with E-state index in [0.717, 1.165) is 17.2 Å². The third-order valence-electron chi connectivity index (χ3n) is 3.65. The second-order valence-electron chi connectivity index (χ2n) is 5.82. The molecule has 0 aliphatic carbocycles. The Morgan fingerprint density at radius 1 is 1.11 bits per heavy atom. The molecule has 0 fully saturated rings. The van der Waals surface area contributed by atoms with E-state index in [9.17, 15) is 13.2 Å². The molecule has 140 valence electrons. The van der Waals surface area contributed by atoms with Crippen LogP contribution in [-0.4, -0.2) is 15.2 Å². The molecule has 0 saturated heterocycles. The molecule has 3 aromatic rings. The Morgan fingerprint density at radius 2 is 1.93 bits per heavy atom. The van der Waals surface area contributed by atoms with E-state index >= 15 is 0 Å². The highest BCUT2D eigenvalue weighted by atomic mass is 35.5. The fourth-order valence-corrected chi connectivity index (χ4v) is 2.61. The van der Waals surface area contributed by atoms with E-state index in [1.54, 1.807) is 0 Å². The van der Waals surface area contributed by atoms with Gasteiger partial charge in [0.25, 0.3) is 0 Å². The molecule has 0 spiro atoms. The van der Waals surface area contributed by atoms with Gasteiger partial charge in [-0.25, -0.2) is 0 Å². The summed E-state index contributed by atoms with van der Waals surface area (Å²) in [6.07, 6.45) is -3.17. The first-order chi connectivity index (χ1) is 12.8. The van der Waals surface area contributed by atoms with E-state index < -0.39 is 11.7 Å². The van der Waals surface area contributed by atoms with Crippen LogP contribution in [0.3, 0.4) is 0 Å². The van der Waals surface area contributed by atoms with Crippen molar-refractivity contribution in [2.45, 2.75) is 19.6 Å². The maximum Gasteiger partial charge on any atom is 0.418 e. The lowest BCUT2D eigenvalue weighted by atomic mass is 10.1. The van der Waals surface area contributed by atoms with Crippen molar-refractivity contribution < 1.29 is 13.2 Å². The molecule has 5 nitrogen and oxygen atoms in total. The van der Waals surface area contributed by atoms with Crippen LogP contribution in [0.15, 0.2) is 48.7 Å². The number of nitrogens with zero attached hydrogens (tertiary/aromatic N) is 3. The Hall–Kier alpha value is -2.87. The smallest absolute Gasteiger partial charge is 0.365 e. The minimum absolute atomic E-state index is 0.0134. The van der Waals surface area contributed by atoms with Gasteiger partial charge in [-0.3, -0.25) is 0 Å². The fourth-order valence-electron chi connectivity index (χ4n) is 2.44. The van der Waals surface area contributed by atoms with Crippen LogP contribution >= 0.6 is 11.6 Å². The van der Waals surface area contributed by atoms with Crippen molar-refractivity contribution in [3.63, 3.8) is 0 Å². The molecule has 1 heterocycles. The number of nitrogens with one attached hydrogen (secondary N) is 2. The zero-order valence-electron chi connectivity index (χ0n) is 14.2. The maximum atomic E-state index is 13.2. The summed E-state index contributed by atoms with van der Waals surface area (Å²) < 4.78 is 39.6. The molecule has 0 saturated carbocycles. The average molecular weight is 394 g/mol. The molecule has 3 rings (SSSR count). The van der Waals surface area contributed by atoms with Gasteiger partial charge in [-0.15, -0.1) is 5.10 Å². The molecule has 2 aromatic carbocycles. The van der Waals surface area contributed by atoms with Gasteiger partial charge < -0.3 is 10.6 Å². The molecule has 0 radical (unpaired) electrons. The molecular weight excluding hydrogens is 379 g/mol. The molecule has 1 aromatic heterocycles. The lowest BCUT2D eigenvalue weighted by molar-refractivity contribution is -0.136. The first-order valence-corrected chi connectivity index (χ1v) is 8.32. The van der Waals surface area contributed by atoms with E-state index in [-0.39, 0.29) is 16.7 Å². The molecule has 9 heteroatoms. The van der Waals surface area contributed by atoms with Crippen LogP contribution in [0.1, 0.15) is 16.7 Å². The van der Waals surface area contributed by atoms with Gasteiger partial charge in [0, 0.05) is 11.6 Å². The number of hydrogen-bond donors (Lipinski definition) is 2. The monoisotopic (exact) mass is 393 g/mol. The second-order valence-corrected chi connectivity index (χ2v) is 6.26. The molecule has 0 unspecified atom stereocenters. The summed E-state index contributed by atoms with van der Waals surface area (Å²) in [6, 6.07) is 11.3. The van der Waals surface area contributed by atoms with Crippen molar-refractivity contribution in [3.8, 4) is 0 Å². The van der Waals surface area contributed by atoms with E-state index in [2.05, 4.69) is 25.8 Å². The number of anilines is 3. The minimum atomic E-state index is -4.57. The van der Waals surface area contributed by atoms with E-state index in [4.69, 9.17) is 11.6 Å². The first-order valence-electron chi connectivity index (χ1n) is 7.94. The number of alkyl halides is 3. The number of halogens is 4. The van der Waals surface area contributed by atoms with Gasteiger partial charge in [0.05, 0.1) is 17.4 Å². The summed E-state index contributed by atoms with van der Waals surface area (Å²) in [5.41, 5.74) is 1.06. The largest absolute Gasteiger partial charge is 0.418 e. The molecular formula is C18H15ClF3N5. The zero-order chi connectivity index (χ0) is 19.4. The van der Waals surface area contributed by atoms with Gasteiger partial charge in [-0.05, 0) is 30.7 Å². The highest BCUT2D eigenvalue weighted by Crippen LogP contribution is 2.37. The van der Waals surface area contributed by atoms with Gasteiger partial charge in [0.1, 0.15) is 0 Å². The highest BCUT2D eigenvalue weighted by Gasteiger charge is 2.34. The summed E-state index contributed by atoms with van der Waals surface area (Å²) in [4.78, 5) is 4.15. The summed E-state index contributed by atoms with van der Waals surface area (Å²) >= 11 is 5.68. The van der Waals surface area contributed by atoms with E-state index in [1.165, 1.54) is 18.3 Å². The lowest BCUT2D eigenvalue weighted by Crippen LogP contribution is -2.11. The number of rotatable bonds is 5. The van der Waals surface area contributed by atoms with E-state index in [1.807, 2.05) is 31.2 Å². The lowest BCUT2D eigenvalue weighted by Gasteiger charge is -2.14. The van der Waals surface area contributed by atoms with Crippen molar-refractivity contribution in [2.75, 3.05) is 10.6 Å². The Morgan fingerprint density at radius 3 is 2.67 bits per heavy atom. The third-order valence-corrected chi connectivity index (χ3v) is 3.88. The maximum absolute atomic E-state index is 13.2. The van der Waals surface area contributed by atoms with Gasteiger partial charge >= 0.3 is 6.18 Å². The summed E-state index contributed by atoms with van der Waals surface area (Å²) in [5.74, 6) is 0.327. The predicted molar refractivity (Wildman–Crippen MR) is 98.1 cm³/mol. The number of benzene rings is 2. The fraction of sp³-hybridized carbons (Fsp3) is 0.167. The van der Waals surface area contributed by atoms with Crippen LogP contribution in [0.25, 0.3) is 0 Å². The Labute approximate surface area is 158 Å². The number of hydrogen-bond acceptors (Lipinski definition) is 5. The van der Waals surface area contributed by atoms with Crippen molar-refractivity contribution in [1.29, 1.82) is 0 Å². The number of aryl methyl sites for hydroxylation is 1. The second kappa shape index (κ2) is 7.79. The molecule has 0 amide bonds. The molecule has 0 aliphatic heterocycles. The summed E-state index contributed by atoms with van der Waals surface area (Å²) in [6.45, 7) is 2.48. The van der Waals surface area contributed by atoms with Crippen molar-refractivity contribution in [2.24, 2.45) is 0 Å². The molecule has 0 bridgehead atoms. The molecule has 2 N–H and O–H groups in total. The standard InChI is InChI=1S/C18H15ClF3N5/c1-11-3-2-4-12(7-11)9-23-16-10-24-27-17(26-16)25-15-6-5-13(19)8-14(15)18(20,21)22/h2-8,10H,9H2,1H3,(H2,23,25,26,27). The van der Waals surface area contributed by atoms with Crippen LogP contribution < -0.4 is 10.6 Å². The SMILES string of the molecule is Cc1cccc(CNc2cnnc(Nc3ccc(Cl)cc3C(F)(F)F)n2)c1. The topological polar surface area (TPSA) is 62.7 Å². The van der Waals surface area contributed by atoms with E-state index in [0.29, 0.717) is 12.4 Å². The van der Waals surface area contributed by atoms with Crippen LogP contribution in [0.4, 0.5) is 30.6 Å². The Kier molecular flexibility index (Phi) is 5.46. The van der Waals surface area contributed by atoms with Crippen LogP contribution in [-0.2, 0) is 12.7 Å². The quantitative estimate of drug-likeness (QED) is 0.623. The van der Waals surface area contributed by atoms with Crippen LogP contribution in [0, 0.1) is 6.92 Å². The first kappa shape index (κ1) is 18.9. The third kappa shape index (κ3) is 5.07. The van der Waals surface area contributed by atoms with Crippen LogP contribution in [0.5, 0.6) is 0 Å². The molecule has 0 atom stereocenters. The normalized spacial score (nSPS) is 11.3. The van der Waals surface area contributed by atoms with Crippen molar-refractivity contribution in [1.82, 2.24) is 15.2 Å². The minimum Gasteiger partial charge on any atom is -0.365 e. The Balaban J connectivity index is 1.77. The van der Waals surface area contributed by atoms with Gasteiger partial charge in [-0.2, -0.15) is 23.3 Å². The van der Waals surface area contributed by atoms with Gasteiger partial charge in [-0.1, -0.05) is 41.4 Å². The average Bonchev–Trinajstić information content (AvgIpc) is 2.61. The Bertz CT molecular complexity index is 946. The van der Waals surface area contributed by atoms with Gasteiger partial charge in [0.15, 0.2) is 5.82 Å². The van der Waals surface area contributed by atoms with Crippen molar-refractivity contribution >= 4 is 29.1 Å². The molecule has 27 heavy (non-hydrogen) atoms. The highest BCUT2D eigenvalue weighted by molar-refractivity contribution is 6.30. The van der Waals surface area contributed by atoms with Crippen molar-refractivity contribution in [3.05, 3.63) is 70.4 Å². The predicted octanol–water partition coefficient (Wildman–Crippen LogP) is 5.21. The molecule has 0 aliphatic rings.